The molecule has 4 rings (SSSR count). The van der Waals surface area contributed by atoms with Gasteiger partial charge in [0.25, 0.3) is 0 Å². The van der Waals surface area contributed by atoms with Crippen molar-refractivity contribution in [3.8, 4) is 11.3 Å². The van der Waals surface area contributed by atoms with E-state index in [1.165, 1.54) is 27.8 Å². The topological polar surface area (TPSA) is 24.9 Å². The van der Waals surface area contributed by atoms with Gasteiger partial charge in [-0.1, -0.05) is 68.8 Å². The molecule has 2 nitrogen and oxygen atoms in total. The van der Waals surface area contributed by atoms with Crippen LogP contribution in [0.5, 0.6) is 0 Å². The minimum Gasteiger partial charge on any atom is -0.370 e. The zero-order valence-corrected chi connectivity index (χ0v) is 17.6. The maximum absolute atomic E-state index is 6.12. The summed E-state index contributed by atoms with van der Waals surface area (Å²) >= 11 is 6.12. The number of hydrogen-bond donors (Lipinski definition) is 1. The molecule has 0 amide bonds. The number of benzene rings is 2. The Morgan fingerprint density at radius 2 is 1.86 bits per heavy atom. The molecule has 1 heterocycles. The van der Waals surface area contributed by atoms with Crippen molar-refractivity contribution in [2.24, 2.45) is 5.92 Å². The van der Waals surface area contributed by atoms with E-state index in [4.69, 9.17) is 16.6 Å². The molecular weight excluding hydrogens is 364 g/mol. The molecule has 1 aliphatic rings. The third-order valence-electron chi connectivity index (χ3n) is 5.53. The summed E-state index contributed by atoms with van der Waals surface area (Å²) in [5.74, 6) is 1.96. The summed E-state index contributed by atoms with van der Waals surface area (Å²) in [6, 6.07) is 19.4. The van der Waals surface area contributed by atoms with Gasteiger partial charge in [-0.05, 0) is 59.2 Å². The fourth-order valence-corrected chi connectivity index (χ4v) is 4.18. The van der Waals surface area contributed by atoms with E-state index in [-0.39, 0.29) is 0 Å². The number of nitrogens with zero attached hydrogens (tertiary/aromatic N) is 1. The summed E-state index contributed by atoms with van der Waals surface area (Å²) in [7, 11) is 0. The average Bonchev–Trinajstić information content (AvgIpc) is 2.71. The number of rotatable bonds is 5. The number of aryl methyl sites for hydroxylation is 1. The molecule has 1 aliphatic carbocycles. The highest BCUT2D eigenvalue weighted by Gasteiger charge is 2.27. The third kappa shape index (κ3) is 3.66. The quantitative estimate of drug-likeness (QED) is 0.523. The second kappa shape index (κ2) is 7.97. The highest BCUT2D eigenvalue weighted by Crippen LogP contribution is 2.43. The second-order valence-electron chi connectivity index (χ2n) is 8.03. The molecule has 0 fully saturated rings. The van der Waals surface area contributed by atoms with Crippen molar-refractivity contribution < 1.29 is 0 Å². The van der Waals surface area contributed by atoms with Gasteiger partial charge in [0.15, 0.2) is 0 Å². The highest BCUT2D eigenvalue weighted by molar-refractivity contribution is 6.30. The monoisotopic (exact) mass is 390 g/mol. The molecule has 0 aliphatic heterocycles. The van der Waals surface area contributed by atoms with Crippen LogP contribution in [-0.4, -0.2) is 11.5 Å². The second-order valence-corrected chi connectivity index (χ2v) is 8.46. The first-order valence-corrected chi connectivity index (χ1v) is 10.6. The van der Waals surface area contributed by atoms with E-state index in [9.17, 15) is 0 Å². The first kappa shape index (κ1) is 19.0. The Morgan fingerprint density at radius 3 is 2.57 bits per heavy atom. The van der Waals surface area contributed by atoms with Gasteiger partial charge in [-0.25, -0.2) is 4.98 Å². The summed E-state index contributed by atoms with van der Waals surface area (Å²) in [5.41, 5.74) is 7.67. The molecule has 0 radical (unpaired) electrons. The van der Waals surface area contributed by atoms with Gasteiger partial charge in [0.1, 0.15) is 5.82 Å². The van der Waals surface area contributed by atoms with E-state index in [1.54, 1.807) is 0 Å². The van der Waals surface area contributed by atoms with Gasteiger partial charge in [0, 0.05) is 23.0 Å². The van der Waals surface area contributed by atoms with E-state index in [0.29, 0.717) is 11.8 Å². The number of pyridine rings is 1. The van der Waals surface area contributed by atoms with Crippen LogP contribution in [-0.2, 0) is 12.8 Å². The predicted molar refractivity (Wildman–Crippen MR) is 119 cm³/mol. The molecule has 144 valence electrons. The van der Waals surface area contributed by atoms with E-state index in [2.05, 4.69) is 68.6 Å². The summed E-state index contributed by atoms with van der Waals surface area (Å²) in [6.07, 6.45) is 1.95. The first-order chi connectivity index (χ1) is 13.6. The van der Waals surface area contributed by atoms with Gasteiger partial charge < -0.3 is 5.32 Å². The van der Waals surface area contributed by atoms with Crippen molar-refractivity contribution >= 4 is 17.4 Å². The van der Waals surface area contributed by atoms with Gasteiger partial charge in [0.2, 0.25) is 0 Å². The Kier molecular flexibility index (Phi) is 5.41. The van der Waals surface area contributed by atoms with Crippen LogP contribution in [0.25, 0.3) is 11.3 Å². The molecule has 3 aromatic rings. The minimum atomic E-state index is 0.335. The van der Waals surface area contributed by atoms with Gasteiger partial charge in [-0.3, -0.25) is 0 Å². The number of aromatic nitrogens is 1. The Hall–Kier alpha value is -2.32. The number of hydrogen-bond acceptors (Lipinski definition) is 2. The van der Waals surface area contributed by atoms with Gasteiger partial charge in [-0.15, -0.1) is 0 Å². The Labute approximate surface area is 173 Å². The van der Waals surface area contributed by atoms with E-state index in [1.807, 2.05) is 12.1 Å². The van der Waals surface area contributed by atoms with Gasteiger partial charge in [-0.2, -0.15) is 0 Å². The van der Waals surface area contributed by atoms with Crippen LogP contribution in [0.15, 0.2) is 54.6 Å². The zero-order valence-electron chi connectivity index (χ0n) is 16.8. The van der Waals surface area contributed by atoms with E-state index < -0.39 is 0 Å². The molecule has 1 unspecified atom stereocenters. The fraction of sp³-hybridized carbons (Fsp3) is 0.320. The molecule has 0 saturated heterocycles. The van der Waals surface area contributed by atoms with Crippen molar-refractivity contribution in [2.45, 2.75) is 39.5 Å². The van der Waals surface area contributed by atoms with Crippen molar-refractivity contribution in [2.75, 3.05) is 11.9 Å². The summed E-state index contributed by atoms with van der Waals surface area (Å²) in [4.78, 5) is 5.11. The number of halogens is 1. The third-order valence-corrected chi connectivity index (χ3v) is 5.78. The SMILES string of the molecule is CCc1cc2c(nc1NCC(C)C)-c1ccccc1C(c1ccc(Cl)cc1)C2. The van der Waals surface area contributed by atoms with Crippen LogP contribution in [0.1, 0.15) is 48.9 Å². The van der Waals surface area contributed by atoms with Gasteiger partial charge >= 0.3 is 0 Å². The summed E-state index contributed by atoms with van der Waals surface area (Å²) in [5, 5.41) is 4.35. The highest BCUT2D eigenvalue weighted by atomic mass is 35.5. The van der Waals surface area contributed by atoms with Crippen molar-refractivity contribution in [3.63, 3.8) is 0 Å². The standard InChI is InChI=1S/C25H27ClN2/c1-4-17-13-19-14-23(18-9-11-20(26)12-10-18)21-7-5-6-8-22(21)24(19)28-25(17)27-15-16(2)3/h5-13,16,23H,4,14-15H2,1-3H3,(H,27,28). The van der Waals surface area contributed by atoms with E-state index >= 15 is 0 Å². The molecule has 1 N–H and O–H groups in total. The van der Waals surface area contributed by atoms with Crippen LogP contribution in [0.2, 0.25) is 5.02 Å². The maximum Gasteiger partial charge on any atom is 0.129 e. The molecule has 3 heteroatoms. The lowest BCUT2D eigenvalue weighted by atomic mass is 9.77. The lowest BCUT2D eigenvalue weighted by Crippen LogP contribution is -2.17. The van der Waals surface area contributed by atoms with Crippen molar-refractivity contribution in [1.82, 2.24) is 4.98 Å². The lowest BCUT2D eigenvalue weighted by molar-refractivity contribution is 0.685. The predicted octanol–water partition coefficient (Wildman–Crippen LogP) is 6.72. The van der Waals surface area contributed by atoms with Gasteiger partial charge in [0.05, 0.1) is 5.69 Å². The molecule has 28 heavy (non-hydrogen) atoms. The molecular formula is C25H27ClN2. The normalized spacial score (nSPS) is 15.2. The smallest absolute Gasteiger partial charge is 0.129 e. The Bertz CT molecular complexity index is 976. The number of anilines is 1. The average molecular weight is 391 g/mol. The first-order valence-electron chi connectivity index (χ1n) is 10.2. The Balaban J connectivity index is 1.81. The van der Waals surface area contributed by atoms with Crippen molar-refractivity contribution in [3.05, 3.63) is 81.9 Å². The molecule has 0 bridgehead atoms. The lowest BCUT2D eigenvalue weighted by Gasteiger charge is -2.29. The maximum atomic E-state index is 6.12. The number of nitrogens with one attached hydrogen (secondary N) is 1. The Morgan fingerprint density at radius 1 is 1.11 bits per heavy atom. The van der Waals surface area contributed by atoms with Crippen LogP contribution >= 0.6 is 11.6 Å². The van der Waals surface area contributed by atoms with Crippen molar-refractivity contribution in [1.29, 1.82) is 0 Å². The molecule has 0 saturated carbocycles. The molecule has 2 aromatic carbocycles. The van der Waals surface area contributed by atoms with E-state index in [0.717, 1.165) is 35.9 Å². The van der Waals surface area contributed by atoms with Crippen LogP contribution in [0, 0.1) is 5.92 Å². The molecule has 1 atom stereocenters. The van der Waals surface area contributed by atoms with Crippen LogP contribution in [0.3, 0.4) is 0 Å². The zero-order chi connectivity index (χ0) is 19.7. The van der Waals surface area contributed by atoms with Crippen LogP contribution < -0.4 is 5.32 Å². The molecule has 1 aromatic heterocycles. The minimum absolute atomic E-state index is 0.335. The van der Waals surface area contributed by atoms with Crippen LogP contribution in [0.4, 0.5) is 5.82 Å². The largest absolute Gasteiger partial charge is 0.370 e. The molecule has 0 spiro atoms. The fourth-order valence-electron chi connectivity index (χ4n) is 4.05. The summed E-state index contributed by atoms with van der Waals surface area (Å²) < 4.78 is 0. The number of fused-ring (bicyclic) bond motifs is 3. The summed E-state index contributed by atoms with van der Waals surface area (Å²) in [6.45, 7) is 7.59.